The van der Waals surface area contributed by atoms with Crippen LogP contribution in [-0.2, 0) is 16.1 Å². The van der Waals surface area contributed by atoms with Crippen molar-refractivity contribution < 1.29 is 19.4 Å². The maximum absolute atomic E-state index is 12.0. The second-order valence-electron chi connectivity index (χ2n) is 6.42. The van der Waals surface area contributed by atoms with Gasteiger partial charge in [-0.1, -0.05) is 72.8 Å². The van der Waals surface area contributed by atoms with Crippen molar-refractivity contribution in [2.24, 2.45) is 0 Å². The monoisotopic (exact) mass is 390 g/mol. The Balaban J connectivity index is 1.49. The van der Waals surface area contributed by atoms with E-state index in [2.05, 4.69) is 10.6 Å². The number of rotatable bonds is 8. The molecular weight excluding hydrogens is 368 g/mol. The fraction of sp³-hybridized carbons (Fsp3) is 0.130. The van der Waals surface area contributed by atoms with Gasteiger partial charge in [-0.3, -0.25) is 0 Å². The second kappa shape index (κ2) is 9.94. The van der Waals surface area contributed by atoms with Gasteiger partial charge in [0.25, 0.3) is 0 Å². The number of carbonyl (C=O) groups is 2. The second-order valence-corrected chi connectivity index (χ2v) is 6.42. The van der Waals surface area contributed by atoms with Crippen LogP contribution in [-0.4, -0.2) is 29.8 Å². The van der Waals surface area contributed by atoms with E-state index in [4.69, 9.17) is 4.74 Å². The molecule has 1 unspecified atom stereocenters. The molecule has 148 valence electrons. The maximum atomic E-state index is 12.0. The van der Waals surface area contributed by atoms with E-state index in [1.807, 2.05) is 84.9 Å². The molecule has 0 saturated heterocycles. The summed E-state index contributed by atoms with van der Waals surface area (Å²) in [5, 5.41) is 14.7. The van der Waals surface area contributed by atoms with E-state index in [1.165, 1.54) is 0 Å². The van der Waals surface area contributed by atoms with Gasteiger partial charge in [-0.15, -0.1) is 0 Å². The van der Waals surface area contributed by atoms with Crippen LogP contribution >= 0.6 is 0 Å². The largest absolute Gasteiger partial charge is 0.480 e. The molecular formula is C23H22N2O4. The van der Waals surface area contributed by atoms with E-state index in [0.717, 1.165) is 22.4 Å². The molecule has 0 heterocycles. The lowest BCUT2D eigenvalue weighted by Crippen LogP contribution is -2.45. The first kappa shape index (κ1) is 19.9. The Morgan fingerprint density at radius 2 is 1.41 bits per heavy atom. The van der Waals surface area contributed by atoms with Crippen molar-refractivity contribution in [2.45, 2.75) is 12.6 Å². The Labute approximate surface area is 169 Å². The molecule has 3 aromatic rings. The summed E-state index contributed by atoms with van der Waals surface area (Å²) in [7, 11) is 0. The number of alkyl carbamates (subject to hydrolysis) is 1. The van der Waals surface area contributed by atoms with E-state index >= 15 is 0 Å². The van der Waals surface area contributed by atoms with Crippen LogP contribution in [0, 0.1) is 0 Å². The predicted octanol–water partition coefficient (Wildman–Crippen LogP) is 4.15. The van der Waals surface area contributed by atoms with Crippen molar-refractivity contribution in [1.29, 1.82) is 0 Å². The van der Waals surface area contributed by atoms with Crippen molar-refractivity contribution in [3.8, 4) is 11.1 Å². The number of nitrogens with one attached hydrogen (secondary N) is 2. The highest BCUT2D eigenvalue weighted by atomic mass is 16.5. The molecule has 1 amide bonds. The van der Waals surface area contributed by atoms with Gasteiger partial charge in [-0.2, -0.15) is 0 Å². The minimum atomic E-state index is -1.14. The van der Waals surface area contributed by atoms with Gasteiger partial charge in [0.2, 0.25) is 0 Å². The molecule has 0 radical (unpaired) electrons. The quantitative estimate of drug-likeness (QED) is 0.538. The molecule has 6 heteroatoms. The summed E-state index contributed by atoms with van der Waals surface area (Å²) in [6, 6.07) is 25.7. The van der Waals surface area contributed by atoms with Crippen LogP contribution in [0.5, 0.6) is 0 Å². The lowest BCUT2D eigenvalue weighted by Gasteiger charge is -2.16. The molecule has 6 nitrogen and oxygen atoms in total. The highest BCUT2D eigenvalue weighted by molar-refractivity contribution is 5.80. The lowest BCUT2D eigenvalue weighted by atomic mass is 10.0. The minimum Gasteiger partial charge on any atom is -0.480 e. The predicted molar refractivity (Wildman–Crippen MR) is 112 cm³/mol. The number of carbonyl (C=O) groups excluding carboxylic acids is 1. The first-order chi connectivity index (χ1) is 14.1. The van der Waals surface area contributed by atoms with Crippen LogP contribution in [0.4, 0.5) is 10.5 Å². The number of ether oxygens (including phenoxy) is 1. The third-order valence-electron chi connectivity index (χ3n) is 4.31. The Hall–Kier alpha value is -3.80. The number of para-hydroxylation sites is 1. The Morgan fingerprint density at radius 1 is 0.828 bits per heavy atom. The molecule has 3 rings (SSSR count). The highest BCUT2D eigenvalue weighted by Gasteiger charge is 2.20. The van der Waals surface area contributed by atoms with Crippen LogP contribution < -0.4 is 10.6 Å². The number of benzene rings is 3. The molecule has 0 aliphatic carbocycles. The third kappa shape index (κ3) is 6.10. The van der Waals surface area contributed by atoms with Gasteiger partial charge >= 0.3 is 12.1 Å². The molecule has 3 aromatic carbocycles. The molecule has 29 heavy (non-hydrogen) atoms. The van der Waals surface area contributed by atoms with E-state index in [1.54, 1.807) is 0 Å². The Kier molecular flexibility index (Phi) is 6.84. The number of anilines is 1. The highest BCUT2D eigenvalue weighted by Crippen LogP contribution is 2.19. The third-order valence-corrected chi connectivity index (χ3v) is 4.31. The standard InChI is InChI=1S/C23H22N2O4/c26-22(27)21(15-24-20-9-5-2-6-10-20)25-23(28)29-16-17-11-13-19(14-12-17)18-7-3-1-4-8-18/h1-14,21,24H,15-16H2,(H,25,28)(H,26,27). The minimum absolute atomic E-state index is 0.0419. The van der Waals surface area contributed by atoms with Crippen LogP contribution in [0.2, 0.25) is 0 Å². The maximum Gasteiger partial charge on any atom is 0.408 e. The van der Waals surface area contributed by atoms with E-state index in [-0.39, 0.29) is 13.2 Å². The Bertz CT molecular complexity index is 928. The zero-order valence-corrected chi connectivity index (χ0v) is 15.7. The molecule has 1 atom stereocenters. The molecule has 0 bridgehead atoms. The van der Waals surface area contributed by atoms with Crippen molar-refractivity contribution in [2.75, 3.05) is 11.9 Å². The van der Waals surface area contributed by atoms with Crippen LogP contribution in [0.1, 0.15) is 5.56 Å². The van der Waals surface area contributed by atoms with Gasteiger partial charge < -0.3 is 20.5 Å². The summed E-state index contributed by atoms with van der Waals surface area (Å²) in [5.41, 5.74) is 3.76. The van der Waals surface area contributed by atoms with Crippen LogP contribution in [0.3, 0.4) is 0 Å². The molecule has 0 aromatic heterocycles. The van der Waals surface area contributed by atoms with Crippen molar-refractivity contribution in [1.82, 2.24) is 5.32 Å². The van der Waals surface area contributed by atoms with Gasteiger partial charge in [0.1, 0.15) is 12.6 Å². The number of amides is 1. The summed E-state index contributed by atoms with van der Waals surface area (Å²) in [6.07, 6.45) is -0.778. The number of hydrogen-bond donors (Lipinski definition) is 3. The van der Waals surface area contributed by atoms with Gasteiger partial charge in [0, 0.05) is 12.2 Å². The zero-order chi connectivity index (χ0) is 20.5. The summed E-state index contributed by atoms with van der Waals surface area (Å²) in [6.45, 7) is 0.0968. The van der Waals surface area contributed by atoms with E-state index < -0.39 is 18.1 Å². The molecule has 0 aliphatic rings. The van der Waals surface area contributed by atoms with Gasteiger partial charge in [0.15, 0.2) is 0 Å². The molecule has 0 aliphatic heterocycles. The van der Waals surface area contributed by atoms with Gasteiger partial charge in [-0.25, -0.2) is 9.59 Å². The van der Waals surface area contributed by atoms with Gasteiger partial charge in [0.05, 0.1) is 0 Å². The first-order valence-corrected chi connectivity index (χ1v) is 9.21. The number of carboxylic acid groups (broad SMARTS) is 1. The normalized spacial score (nSPS) is 11.3. The number of hydrogen-bond acceptors (Lipinski definition) is 4. The smallest absolute Gasteiger partial charge is 0.408 e. The van der Waals surface area contributed by atoms with Crippen molar-refractivity contribution in [3.05, 3.63) is 90.5 Å². The van der Waals surface area contributed by atoms with Crippen molar-refractivity contribution >= 4 is 17.7 Å². The molecule has 0 saturated carbocycles. The average molecular weight is 390 g/mol. The Morgan fingerprint density at radius 3 is 2.03 bits per heavy atom. The zero-order valence-electron chi connectivity index (χ0n) is 15.7. The van der Waals surface area contributed by atoms with Crippen LogP contribution in [0.15, 0.2) is 84.9 Å². The van der Waals surface area contributed by atoms with Crippen molar-refractivity contribution in [3.63, 3.8) is 0 Å². The molecule has 0 fully saturated rings. The van der Waals surface area contributed by atoms with E-state index in [9.17, 15) is 14.7 Å². The SMILES string of the molecule is O=C(NC(CNc1ccccc1)C(=O)O)OCc1ccc(-c2ccccc2)cc1. The topological polar surface area (TPSA) is 87.7 Å². The average Bonchev–Trinajstić information content (AvgIpc) is 2.76. The van der Waals surface area contributed by atoms with Crippen LogP contribution in [0.25, 0.3) is 11.1 Å². The summed E-state index contributed by atoms with van der Waals surface area (Å²) in [5.74, 6) is -1.14. The number of aliphatic carboxylic acids is 1. The van der Waals surface area contributed by atoms with Gasteiger partial charge in [-0.05, 0) is 28.8 Å². The fourth-order valence-electron chi connectivity index (χ4n) is 2.73. The lowest BCUT2D eigenvalue weighted by molar-refractivity contribution is -0.139. The first-order valence-electron chi connectivity index (χ1n) is 9.21. The summed E-state index contributed by atoms with van der Waals surface area (Å²) >= 11 is 0. The van der Waals surface area contributed by atoms with E-state index in [0.29, 0.717) is 0 Å². The molecule has 0 spiro atoms. The number of carboxylic acids is 1. The molecule has 3 N–H and O–H groups in total. The summed E-state index contributed by atoms with van der Waals surface area (Å²) in [4.78, 5) is 23.4. The fourth-order valence-corrected chi connectivity index (χ4v) is 2.73. The summed E-state index contributed by atoms with van der Waals surface area (Å²) < 4.78 is 5.17.